The Balaban J connectivity index is 1.38. The van der Waals surface area contributed by atoms with Crippen molar-refractivity contribution in [2.24, 2.45) is 0 Å². The van der Waals surface area contributed by atoms with Gasteiger partial charge in [0.15, 0.2) is 18.1 Å². The molecule has 7 heteroatoms. The molecule has 0 amide bonds. The van der Waals surface area contributed by atoms with Gasteiger partial charge in [-0.05, 0) is 24.6 Å². The Labute approximate surface area is 149 Å². The minimum Gasteiger partial charge on any atom is -0.485 e. The van der Waals surface area contributed by atoms with Crippen LogP contribution in [0, 0.1) is 6.92 Å². The highest BCUT2D eigenvalue weighted by molar-refractivity contribution is 5.76. The molecule has 0 saturated carbocycles. The fourth-order valence-electron chi connectivity index (χ4n) is 2.61. The number of nitrogens with zero attached hydrogens (tertiary/aromatic N) is 2. The molecule has 26 heavy (non-hydrogen) atoms. The summed E-state index contributed by atoms with van der Waals surface area (Å²) in [6.45, 7) is 1.93. The number of carbonyl (C=O) groups is 1. The van der Waals surface area contributed by atoms with E-state index in [-0.39, 0.29) is 19.1 Å². The van der Waals surface area contributed by atoms with Crippen molar-refractivity contribution in [2.75, 3.05) is 6.61 Å². The third kappa shape index (κ3) is 3.23. The number of aromatic nitrogens is 2. The molecule has 1 aliphatic heterocycles. The zero-order valence-corrected chi connectivity index (χ0v) is 14.0. The summed E-state index contributed by atoms with van der Waals surface area (Å²) in [6.07, 6.45) is -0.830. The molecule has 0 radical (unpaired) electrons. The Hall–Kier alpha value is -3.35. The van der Waals surface area contributed by atoms with Crippen molar-refractivity contribution in [3.63, 3.8) is 0 Å². The fourth-order valence-corrected chi connectivity index (χ4v) is 2.61. The van der Waals surface area contributed by atoms with Crippen LogP contribution < -0.4 is 9.47 Å². The van der Waals surface area contributed by atoms with E-state index in [1.807, 2.05) is 37.3 Å². The summed E-state index contributed by atoms with van der Waals surface area (Å²) in [6, 6.07) is 14.9. The highest BCUT2D eigenvalue weighted by atomic mass is 16.6. The van der Waals surface area contributed by atoms with Crippen LogP contribution in [0.1, 0.15) is 11.5 Å². The van der Waals surface area contributed by atoms with Crippen LogP contribution in [0.25, 0.3) is 11.4 Å². The Morgan fingerprint density at radius 1 is 1.15 bits per heavy atom. The van der Waals surface area contributed by atoms with E-state index >= 15 is 0 Å². The largest absolute Gasteiger partial charge is 0.485 e. The summed E-state index contributed by atoms with van der Waals surface area (Å²) in [4.78, 5) is 16.5. The van der Waals surface area contributed by atoms with Crippen molar-refractivity contribution < 1.29 is 23.5 Å². The van der Waals surface area contributed by atoms with Gasteiger partial charge in [0.2, 0.25) is 11.9 Å². The second-order valence-corrected chi connectivity index (χ2v) is 5.80. The first kappa shape index (κ1) is 16.1. The van der Waals surface area contributed by atoms with Gasteiger partial charge in [-0.2, -0.15) is 4.98 Å². The summed E-state index contributed by atoms with van der Waals surface area (Å²) in [7, 11) is 0. The second-order valence-electron chi connectivity index (χ2n) is 5.80. The van der Waals surface area contributed by atoms with Crippen molar-refractivity contribution in [2.45, 2.75) is 19.6 Å². The number of aryl methyl sites for hydroxylation is 1. The second kappa shape index (κ2) is 6.87. The molecule has 1 aromatic heterocycles. The summed E-state index contributed by atoms with van der Waals surface area (Å²) in [5.74, 6) is 1.25. The number of hydrogen-bond acceptors (Lipinski definition) is 7. The molecular weight excluding hydrogens is 336 g/mol. The van der Waals surface area contributed by atoms with Crippen LogP contribution in [-0.2, 0) is 16.1 Å². The van der Waals surface area contributed by atoms with Gasteiger partial charge in [-0.1, -0.05) is 41.6 Å². The van der Waals surface area contributed by atoms with Gasteiger partial charge < -0.3 is 18.7 Å². The van der Waals surface area contributed by atoms with Gasteiger partial charge in [0.05, 0.1) is 0 Å². The number of ether oxygens (including phenoxy) is 3. The van der Waals surface area contributed by atoms with E-state index in [2.05, 4.69) is 10.1 Å². The molecule has 2 aromatic carbocycles. The molecule has 132 valence electrons. The van der Waals surface area contributed by atoms with E-state index in [9.17, 15) is 4.79 Å². The van der Waals surface area contributed by atoms with Gasteiger partial charge >= 0.3 is 5.97 Å². The van der Waals surface area contributed by atoms with Crippen LogP contribution in [0.3, 0.4) is 0 Å². The van der Waals surface area contributed by atoms with Crippen molar-refractivity contribution >= 4 is 5.97 Å². The topological polar surface area (TPSA) is 83.7 Å². The van der Waals surface area contributed by atoms with Crippen LogP contribution in [0.15, 0.2) is 53.1 Å². The molecule has 3 aromatic rings. The van der Waals surface area contributed by atoms with Crippen LogP contribution in [-0.4, -0.2) is 28.8 Å². The van der Waals surface area contributed by atoms with Crippen LogP contribution in [0.5, 0.6) is 11.5 Å². The Morgan fingerprint density at radius 2 is 1.92 bits per heavy atom. The third-order valence-corrected chi connectivity index (χ3v) is 3.96. The zero-order valence-electron chi connectivity index (χ0n) is 14.0. The molecule has 0 fully saturated rings. The number of esters is 1. The molecule has 1 atom stereocenters. The number of para-hydroxylation sites is 2. The van der Waals surface area contributed by atoms with Crippen molar-refractivity contribution in [3.05, 3.63) is 60.0 Å². The van der Waals surface area contributed by atoms with Gasteiger partial charge in [-0.3, -0.25) is 0 Å². The summed E-state index contributed by atoms with van der Waals surface area (Å²) >= 11 is 0. The van der Waals surface area contributed by atoms with Gasteiger partial charge in [0.1, 0.15) is 6.61 Å². The highest BCUT2D eigenvalue weighted by Crippen LogP contribution is 2.31. The quantitative estimate of drug-likeness (QED) is 0.668. The molecule has 0 N–H and O–H groups in total. The molecule has 0 bridgehead atoms. The maximum atomic E-state index is 12.2. The molecule has 0 aliphatic carbocycles. The minimum absolute atomic E-state index is 0.0914. The van der Waals surface area contributed by atoms with Gasteiger partial charge in [0.25, 0.3) is 5.89 Å². The van der Waals surface area contributed by atoms with Crippen molar-refractivity contribution in [3.8, 4) is 22.9 Å². The average Bonchev–Trinajstić information content (AvgIpc) is 3.15. The first-order valence-electron chi connectivity index (χ1n) is 8.14. The number of rotatable bonds is 4. The van der Waals surface area contributed by atoms with E-state index < -0.39 is 12.1 Å². The Kier molecular flexibility index (Phi) is 4.27. The smallest absolute Gasteiger partial charge is 0.351 e. The first-order chi connectivity index (χ1) is 12.7. The van der Waals surface area contributed by atoms with Gasteiger partial charge in [-0.25, -0.2) is 4.79 Å². The fraction of sp³-hybridized carbons (Fsp3) is 0.211. The molecule has 7 nitrogen and oxygen atoms in total. The lowest BCUT2D eigenvalue weighted by Gasteiger charge is -2.24. The number of benzene rings is 2. The number of fused-ring (bicyclic) bond motifs is 1. The van der Waals surface area contributed by atoms with Gasteiger partial charge in [-0.15, -0.1) is 0 Å². The van der Waals surface area contributed by atoms with Crippen molar-refractivity contribution in [1.29, 1.82) is 0 Å². The summed E-state index contributed by atoms with van der Waals surface area (Å²) < 4.78 is 21.5. The molecule has 0 saturated heterocycles. The van der Waals surface area contributed by atoms with E-state index in [0.29, 0.717) is 17.3 Å². The normalized spacial score (nSPS) is 15.5. The lowest BCUT2D eigenvalue weighted by Crippen LogP contribution is -2.37. The SMILES string of the molecule is Cc1ccccc1-c1noc(COC(=O)[C@@H]2COc3ccccc3O2)n1. The minimum atomic E-state index is -0.830. The molecule has 0 spiro atoms. The monoisotopic (exact) mass is 352 g/mol. The average molecular weight is 352 g/mol. The van der Waals surface area contributed by atoms with E-state index in [1.54, 1.807) is 18.2 Å². The van der Waals surface area contributed by atoms with E-state index in [0.717, 1.165) is 11.1 Å². The molecule has 4 rings (SSSR count). The lowest BCUT2D eigenvalue weighted by molar-refractivity contribution is -0.156. The van der Waals surface area contributed by atoms with Gasteiger partial charge in [0, 0.05) is 5.56 Å². The maximum absolute atomic E-state index is 12.2. The van der Waals surface area contributed by atoms with E-state index in [1.165, 1.54) is 0 Å². The van der Waals surface area contributed by atoms with E-state index in [4.69, 9.17) is 18.7 Å². The number of hydrogen-bond donors (Lipinski definition) is 0. The molecule has 2 heterocycles. The van der Waals surface area contributed by atoms with Crippen molar-refractivity contribution in [1.82, 2.24) is 10.1 Å². The summed E-state index contributed by atoms with van der Waals surface area (Å²) in [5, 5.41) is 3.93. The summed E-state index contributed by atoms with van der Waals surface area (Å²) in [5.41, 5.74) is 1.90. The maximum Gasteiger partial charge on any atom is 0.351 e. The standard InChI is InChI=1S/C19H16N2O5/c1-12-6-2-3-7-13(12)18-20-17(26-21-18)11-24-19(22)16-10-23-14-8-4-5-9-15(14)25-16/h2-9,16H,10-11H2,1H3/t16-/m0/s1. The number of carbonyl (C=O) groups excluding carboxylic acids is 1. The Bertz CT molecular complexity index is 937. The van der Waals surface area contributed by atoms with Crippen LogP contribution >= 0.6 is 0 Å². The highest BCUT2D eigenvalue weighted by Gasteiger charge is 2.29. The first-order valence-corrected chi connectivity index (χ1v) is 8.14. The third-order valence-electron chi connectivity index (χ3n) is 3.96. The zero-order chi connectivity index (χ0) is 17.9. The lowest BCUT2D eigenvalue weighted by atomic mass is 10.1. The van der Waals surface area contributed by atoms with Crippen LogP contribution in [0.2, 0.25) is 0 Å². The molecular formula is C19H16N2O5. The van der Waals surface area contributed by atoms with Crippen LogP contribution in [0.4, 0.5) is 0 Å². The Morgan fingerprint density at radius 3 is 2.77 bits per heavy atom. The molecule has 1 aliphatic rings. The predicted octanol–water partition coefficient (Wildman–Crippen LogP) is 2.93. The molecule has 0 unspecified atom stereocenters. The predicted molar refractivity (Wildman–Crippen MR) is 90.6 cm³/mol.